The molecule has 2 aliphatic rings. The molecule has 2 atom stereocenters. The minimum absolute atomic E-state index is 0.0801. The van der Waals surface area contributed by atoms with Gasteiger partial charge in [-0.1, -0.05) is 0 Å². The first-order valence-corrected chi connectivity index (χ1v) is 12.2. The fraction of sp³-hybridized carbons (Fsp3) is 0.765. The van der Waals surface area contributed by atoms with Crippen LogP contribution in [0.5, 0.6) is 0 Å². The molecule has 0 unspecified atom stereocenters. The lowest BCUT2D eigenvalue weighted by atomic mass is 9.97. The highest BCUT2D eigenvalue weighted by atomic mass is 32.2. The molecule has 1 aromatic heterocycles. The molecule has 11 heteroatoms. The number of rotatable bonds is 6. The van der Waals surface area contributed by atoms with Gasteiger partial charge in [0, 0.05) is 37.3 Å². The Morgan fingerprint density at radius 2 is 2.07 bits per heavy atom. The van der Waals surface area contributed by atoms with Crippen LogP contribution in [0.3, 0.4) is 0 Å². The third-order valence-electron chi connectivity index (χ3n) is 5.19. The van der Waals surface area contributed by atoms with E-state index in [2.05, 4.69) is 14.6 Å². The second-order valence-corrected chi connectivity index (χ2v) is 9.86. The normalized spacial score (nSPS) is 24.4. The summed E-state index contributed by atoms with van der Waals surface area (Å²) in [5, 5.41) is 3.00. The SMILES string of the molecule is COC(=O)N1CCC[C@H](NS(C)(=O)=O)[C@@H]1COC1CCN(c2nccs2)CC1. The molecule has 158 valence electrons. The van der Waals surface area contributed by atoms with Crippen LogP contribution in [0.25, 0.3) is 0 Å². The molecular formula is C17H28N4O5S2. The maximum atomic E-state index is 12.2. The van der Waals surface area contributed by atoms with E-state index in [1.807, 2.05) is 11.6 Å². The van der Waals surface area contributed by atoms with Gasteiger partial charge in [-0.25, -0.2) is 22.9 Å². The number of nitrogens with one attached hydrogen (secondary N) is 1. The van der Waals surface area contributed by atoms with E-state index in [0.717, 1.165) is 37.3 Å². The molecule has 0 bridgehead atoms. The summed E-state index contributed by atoms with van der Waals surface area (Å²) in [6, 6.07) is -0.758. The van der Waals surface area contributed by atoms with Crippen LogP contribution in [-0.4, -0.2) is 82.2 Å². The highest BCUT2D eigenvalue weighted by Gasteiger charge is 2.37. The summed E-state index contributed by atoms with van der Waals surface area (Å²) in [5.74, 6) is 0. The zero-order chi connectivity index (χ0) is 20.1. The summed E-state index contributed by atoms with van der Waals surface area (Å²) in [6.07, 6.45) is 5.69. The summed E-state index contributed by atoms with van der Waals surface area (Å²) in [4.78, 5) is 20.4. The Morgan fingerprint density at radius 1 is 1.32 bits per heavy atom. The highest BCUT2D eigenvalue weighted by molar-refractivity contribution is 7.88. The van der Waals surface area contributed by atoms with Crippen molar-refractivity contribution in [1.82, 2.24) is 14.6 Å². The number of hydrogen-bond donors (Lipinski definition) is 1. The molecule has 0 spiro atoms. The van der Waals surface area contributed by atoms with Gasteiger partial charge in [0.15, 0.2) is 5.13 Å². The van der Waals surface area contributed by atoms with E-state index in [9.17, 15) is 13.2 Å². The van der Waals surface area contributed by atoms with Crippen molar-refractivity contribution in [2.75, 3.05) is 44.5 Å². The van der Waals surface area contributed by atoms with Gasteiger partial charge in [-0.15, -0.1) is 11.3 Å². The number of carbonyl (C=O) groups is 1. The first-order valence-electron chi connectivity index (χ1n) is 9.45. The smallest absolute Gasteiger partial charge is 0.409 e. The van der Waals surface area contributed by atoms with Crippen molar-refractivity contribution in [1.29, 1.82) is 0 Å². The van der Waals surface area contributed by atoms with E-state index in [4.69, 9.17) is 9.47 Å². The number of thiazole rings is 1. The summed E-state index contributed by atoms with van der Waals surface area (Å²) in [7, 11) is -2.05. The standard InChI is InChI=1S/C17H28N4O5S2/c1-25-17(22)21-8-3-4-14(19-28(2,23)24)15(21)12-26-13-5-9-20(10-6-13)16-18-7-11-27-16/h7,11,13-15,19H,3-6,8-10,12H2,1-2H3/t14-,15-/m0/s1. The predicted molar refractivity (Wildman–Crippen MR) is 107 cm³/mol. The van der Waals surface area contributed by atoms with Gasteiger partial charge >= 0.3 is 6.09 Å². The number of likely N-dealkylation sites (tertiary alicyclic amines) is 1. The van der Waals surface area contributed by atoms with Gasteiger partial charge in [0.25, 0.3) is 0 Å². The van der Waals surface area contributed by atoms with Gasteiger partial charge in [0.1, 0.15) is 0 Å². The maximum absolute atomic E-state index is 12.2. The van der Waals surface area contributed by atoms with Gasteiger partial charge in [-0.3, -0.25) is 0 Å². The number of ether oxygens (including phenoxy) is 2. The monoisotopic (exact) mass is 432 g/mol. The van der Waals surface area contributed by atoms with E-state index >= 15 is 0 Å². The molecule has 2 aliphatic heterocycles. The first kappa shape index (κ1) is 21.3. The van der Waals surface area contributed by atoms with E-state index in [0.29, 0.717) is 19.4 Å². The van der Waals surface area contributed by atoms with E-state index in [1.54, 1.807) is 16.2 Å². The van der Waals surface area contributed by atoms with Crippen molar-refractivity contribution in [3.05, 3.63) is 11.6 Å². The van der Waals surface area contributed by atoms with E-state index < -0.39 is 16.1 Å². The maximum Gasteiger partial charge on any atom is 0.409 e. The summed E-state index contributed by atoms with van der Waals surface area (Å²) in [5.41, 5.74) is 0. The number of anilines is 1. The predicted octanol–water partition coefficient (Wildman–Crippen LogP) is 1.28. The van der Waals surface area contributed by atoms with Crippen molar-refractivity contribution >= 4 is 32.6 Å². The van der Waals surface area contributed by atoms with Gasteiger partial charge < -0.3 is 19.3 Å². The first-order chi connectivity index (χ1) is 13.4. The molecule has 3 heterocycles. The van der Waals surface area contributed by atoms with Crippen molar-refractivity contribution in [2.24, 2.45) is 0 Å². The third kappa shape index (κ3) is 5.56. The minimum atomic E-state index is -3.38. The van der Waals surface area contributed by atoms with Crippen LogP contribution >= 0.6 is 11.3 Å². The molecule has 0 saturated carbocycles. The lowest BCUT2D eigenvalue weighted by Crippen LogP contribution is -2.59. The van der Waals surface area contributed by atoms with E-state index in [-0.39, 0.29) is 24.8 Å². The Labute approximate surface area is 170 Å². The number of hydrogen-bond acceptors (Lipinski definition) is 8. The number of nitrogens with zero attached hydrogens (tertiary/aromatic N) is 3. The Hall–Kier alpha value is -1.43. The molecule has 0 aliphatic carbocycles. The molecule has 2 fully saturated rings. The quantitative estimate of drug-likeness (QED) is 0.722. The fourth-order valence-electron chi connectivity index (χ4n) is 3.84. The van der Waals surface area contributed by atoms with Crippen LogP contribution in [0, 0.1) is 0 Å². The molecule has 2 saturated heterocycles. The van der Waals surface area contributed by atoms with Crippen molar-refractivity contribution < 1.29 is 22.7 Å². The largest absolute Gasteiger partial charge is 0.453 e. The van der Waals surface area contributed by atoms with Crippen molar-refractivity contribution in [3.63, 3.8) is 0 Å². The number of aromatic nitrogens is 1. The summed E-state index contributed by atoms with van der Waals surface area (Å²) >= 11 is 1.63. The zero-order valence-corrected chi connectivity index (χ0v) is 17.9. The Kier molecular flexibility index (Phi) is 7.13. The van der Waals surface area contributed by atoms with Gasteiger partial charge in [0.2, 0.25) is 10.0 Å². The van der Waals surface area contributed by atoms with Crippen LogP contribution in [0.4, 0.5) is 9.93 Å². The van der Waals surface area contributed by atoms with E-state index in [1.165, 1.54) is 7.11 Å². The summed E-state index contributed by atoms with van der Waals surface area (Å²) in [6.45, 7) is 2.55. The number of carbonyl (C=O) groups excluding carboxylic acids is 1. The van der Waals surface area contributed by atoms with Crippen LogP contribution in [-0.2, 0) is 19.5 Å². The Morgan fingerprint density at radius 3 is 2.68 bits per heavy atom. The second-order valence-electron chi connectivity index (χ2n) is 7.20. The summed E-state index contributed by atoms with van der Waals surface area (Å²) < 4.78 is 37.2. The molecular weight excluding hydrogens is 404 g/mol. The molecule has 1 N–H and O–H groups in total. The van der Waals surface area contributed by atoms with Gasteiger partial charge in [-0.2, -0.15) is 0 Å². The van der Waals surface area contributed by atoms with Crippen LogP contribution in [0.2, 0.25) is 0 Å². The molecule has 3 rings (SSSR count). The van der Waals surface area contributed by atoms with Crippen molar-refractivity contribution in [2.45, 2.75) is 43.9 Å². The molecule has 9 nitrogen and oxygen atoms in total. The highest BCUT2D eigenvalue weighted by Crippen LogP contribution is 2.25. The molecule has 1 aromatic rings. The molecule has 28 heavy (non-hydrogen) atoms. The molecule has 0 radical (unpaired) electrons. The molecule has 1 amide bonds. The lowest BCUT2D eigenvalue weighted by Gasteiger charge is -2.41. The fourth-order valence-corrected chi connectivity index (χ4v) is 5.36. The number of piperidine rings is 2. The Balaban J connectivity index is 1.59. The van der Waals surface area contributed by atoms with Gasteiger partial charge in [0.05, 0.1) is 32.1 Å². The number of sulfonamides is 1. The lowest BCUT2D eigenvalue weighted by molar-refractivity contribution is -0.0180. The average molecular weight is 433 g/mol. The van der Waals surface area contributed by atoms with Crippen LogP contribution < -0.4 is 9.62 Å². The Bertz CT molecular complexity index is 735. The van der Waals surface area contributed by atoms with Gasteiger partial charge in [-0.05, 0) is 25.7 Å². The van der Waals surface area contributed by atoms with Crippen molar-refractivity contribution in [3.8, 4) is 0 Å². The zero-order valence-electron chi connectivity index (χ0n) is 16.2. The molecule has 0 aromatic carbocycles. The second kappa shape index (κ2) is 9.38. The van der Waals surface area contributed by atoms with Crippen LogP contribution in [0.1, 0.15) is 25.7 Å². The number of amides is 1. The third-order valence-corrected chi connectivity index (χ3v) is 6.75. The minimum Gasteiger partial charge on any atom is -0.453 e. The average Bonchev–Trinajstić information content (AvgIpc) is 3.20. The topological polar surface area (TPSA) is 101 Å². The number of methoxy groups -OCH3 is 1. The van der Waals surface area contributed by atoms with Crippen LogP contribution in [0.15, 0.2) is 11.6 Å².